The van der Waals surface area contributed by atoms with Gasteiger partial charge in [-0.15, -0.1) is 0 Å². The van der Waals surface area contributed by atoms with Gasteiger partial charge in [-0.1, -0.05) is 110 Å². The van der Waals surface area contributed by atoms with Gasteiger partial charge in [0, 0.05) is 5.92 Å². The fourth-order valence-corrected chi connectivity index (χ4v) is 6.64. The first-order valence-corrected chi connectivity index (χ1v) is 13.2. The molecule has 2 heteroatoms. The van der Waals surface area contributed by atoms with Gasteiger partial charge < -0.3 is 5.11 Å². The monoisotopic (exact) mass is 366 g/mol. The zero-order valence-corrected chi connectivity index (χ0v) is 17.6. The molecule has 26 heavy (non-hydrogen) atoms. The first-order valence-electron chi connectivity index (χ1n) is 9.96. The second-order valence-corrected chi connectivity index (χ2v) is 12.7. The van der Waals surface area contributed by atoms with Crippen molar-refractivity contribution in [1.82, 2.24) is 0 Å². The smallest absolute Gasteiger partial charge is 0.0793 e. The van der Waals surface area contributed by atoms with Crippen LogP contribution in [0.5, 0.6) is 0 Å². The van der Waals surface area contributed by atoms with E-state index >= 15 is 0 Å². The third kappa shape index (κ3) is 6.26. The maximum absolute atomic E-state index is 9.89. The van der Waals surface area contributed by atoms with Crippen LogP contribution < -0.4 is 0 Å². The lowest BCUT2D eigenvalue weighted by Crippen LogP contribution is -2.33. The Hall–Kier alpha value is -1.64. The Morgan fingerprint density at radius 2 is 1.62 bits per heavy atom. The molecular weight excluding hydrogens is 332 g/mol. The van der Waals surface area contributed by atoms with Crippen molar-refractivity contribution >= 4 is 8.07 Å². The molecule has 0 aliphatic carbocycles. The van der Waals surface area contributed by atoms with E-state index in [0.29, 0.717) is 0 Å². The molecule has 1 atom stereocenters. The van der Waals surface area contributed by atoms with E-state index < -0.39 is 8.07 Å². The number of hydrogen-bond acceptors (Lipinski definition) is 1. The van der Waals surface area contributed by atoms with Gasteiger partial charge in [0.25, 0.3) is 0 Å². The van der Waals surface area contributed by atoms with Crippen LogP contribution >= 0.6 is 0 Å². The van der Waals surface area contributed by atoms with Crippen molar-refractivity contribution in [3.63, 3.8) is 0 Å². The predicted octanol–water partition coefficient (Wildman–Crippen LogP) is 6.30. The molecule has 0 aromatic heterocycles. The number of aliphatic hydroxyl groups is 1. The molecule has 0 bridgehead atoms. The van der Waals surface area contributed by atoms with Gasteiger partial charge in [-0.3, -0.25) is 0 Å². The maximum Gasteiger partial charge on any atom is 0.0793 e. The Labute approximate surface area is 160 Å². The van der Waals surface area contributed by atoms with Gasteiger partial charge >= 0.3 is 0 Å². The summed E-state index contributed by atoms with van der Waals surface area (Å²) in [6.45, 7) is 7.47. The molecule has 2 rings (SSSR count). The largest absolute Gasteiger partial charge is 0.396 e. The highest BCUT2D eigenvalue weighted by Crippen LogP contribution is 2.28. The molecule has 0 saturated carbocycles. The van der Waals surface area contributed by atoms with Gasteiger partial charge in [-0.05, 0) is 24.4 Å². The highest BCUT2D eigenvalue weighted by Gasteiger charge is 2.26. The van der Waals surface area contributed by atoms with Crippen LogP contribution in [0.4, 0.5) is 0 Å². The lowest BCUT2D eigenvalue weighted by molar-refractivity contribution is 0.266. The summed E-state index contributed by atoms with van der Waals surface area (Å²) in [7, 11) is -1.51. The summed E-state index contributed by atoms with van der Waals surface area (Å²) in [5.74, 6) is 0.203. The number of rotatable bonds is 10. The third-order valence-corrected chi connectivity index (χ3v) is 8.78. The average Bonchev–Trinajstić information content (AvgIpc) is 2.65. The molecule has 0 aliphatic heterocycles. The summed E-state index contributed by atoms with van der Waals surface area (Å²) >= 11 is 0. The zero-order valence-electron chi connectivity index (χ0n) is 16.6. The number of allylic oxidation sites excluding steroid dienone is 2. The quantitative estimate of drug-likeness (QED) is 0.489. The van der Waals surface area contributed by atoms with E-state index in [-0.39, 0.29) is 12.5 Å². The number of unbranched alkanes of at least 4 members (excludes halogenated alkanes) is 1. The second kappa shape index (κ2) is 10.5. The van der Waals surface area contributed by atoms with Crippen molar-refractivity contribution < 1.29 is 5.11 Å². The number of aliphatic hydroxyl groups excluding tert-OH is 1. The molecule has 1 N–H and O–H groups in total. The summed E-state index contributed by atoms with van der Waals surface area (Å²) in [5.41, 5.74) is 2.69. The van der Waals surface area contributed by atoms with Gasteiger partial charge in [0.2, 0.25) is 0 Å². The summed E-state index contributed by atoms with van der Waals surface area (Å²) in [6.07, 6.45) is 7.10. The summed E-state index contributed by atoms with van der Waals surface area (Å²) in [4.78, 5) is 0. The van der Waals surface area contributed by atoms with Crippen molar-refractivity contribution in [2.75, 3.05) is 6.61 Å². The minimum absolute atomic E-state index is 0.203. The van der Waals surface area contributed by atoms with Crippen molar-refractivity contribution in [3.05, 3.63) is 83.1 Å². The fourth-order valence-electron chi connectivity index (χ4n) is 3.63. The van der Waals surface area contributed by atoms with E-state index in [1.165, 1.54) is 36.4 Å². The Morgan fingerprint density at radius 3 is 2.19 bits per heavy atom. The number of hydrogen-bond donors (Lipinski definition) is 1. The Kier molecular flexibility index (Phi) is 8.34. The van der Waals surface area contributed by atoms with Crippen LogP contribution in [0.1, 0.15) is 49.7 Å². The van der Waals surface area contributed by atoms with Crippen molar-refractivity contribution in [2.45, 2.75) is 57.7 Å². The van der Waals surface area contributed by atoms with E-state index in [9.17, 15) is 5.11 Å². The molecule has 0 spiro atoms. The normalized spacial score (nSPS) is 13.6. The van der Waals surface area contributed by atoms with Gasteiger partial charge in [0.1, 0.15) is 0 Å². The van der Waals surface area contributed by atoms with Crippen LogP contribution in [0, 0.1) is 0 Å². The average molecular weight is 367 g/mol. The van der Waals surface area contributed by atoms with E-state index in [0.717, 1.165) is 6.42 Å². The van der Waals surface area contributed by atoms with Gasteiger partial charge in [0.15, 0.2) is 0 Å². The van der Waals surface area contributed by atoms with Crippen molar-refractivity contribution in [1.29, 1.82) is 0 Å². The van der Waals surface area contributed by atoms with Crippen LogP contribution in [0.2, 0.25) is 13.1 Å². The topological polar surface area (TPSA) is 20.2 Å². The van der Waals surface area contributed by atoms with Crippen LogP contribution in [0.3, 0.4) is 0 Å². The lowest BCUT2D eigenvalue weighted by Gasteiger charge is -2.27. The molecule has 0 aliphatic rings. The predicted molar refractivity (Wildman–Crippen MR) is 116 cm³/mol. The fraction of sp³-hybridized carbons (Fsp3) is 0.417. The molecule has 1 unspecified atom stereocenters. The van der Waals surface area contributed by atoms with Gasteiger partial charge in [-0.25, -0.2) is 0 Å². The van der Waals surface area contributed by atoms with Crippen molar-refractivity contribution in [2.24, 2.45) is 0 Å². The third-order valence-electron chi connectivity index (χ3n) is 5.30. The minimum atomic E-state index is -1.51. The standard InChI is InChI=1S/C24H34OSi/c1-4-5-16-24(26(2,3)20-21-12-8-6-9-13-21)18-17-23(19-25)22-14-10-7-11-15-22/h6-15,18,23,25H,4-5,16-17,19-20H2,1-3H3/b24-18+. The molecule has 0 saturated heterocycles. The molecule has 0 fully saturated rings. The number of benzene rings is 2. The van der Waals surface area contributed by atoms with Crippen LogP contribution in [0.15, 0.2) is 71.9 Å². The van der Waals surface area contributed by atoms with Gasteiger partial charge in [-0.2, -0.15) is 0 Å². The highest BCUT2D eigenvalue weighted by atomic mass is 28.3. The summed E-state index contributed by atoms with van der Waals surface area (Å²) in [5, 5.41) is 11.6. The molecule has 1 nitrogen and oxygen atoms in total. The van der Waals surface area contributed by atoms with E-state index in [1.807, 2.05) is 6.07 Å². The molecule has 0 amide bonds. The maximum atomic E-state index is 9.89. The minimum Gasteiger partial charge on any atom is -0.396 e. The Morgan fingerprint density at radius 1 is 1.00 bits per heavy atom. The van der Waals surface area contributed by atoms with E-state index in [2.05, 4.69) is 80.7 Å². The Balaban J connectivity index is 2.17. The molecule has 140 valence electrons. The van der Waals surface area contributed by atoms with E-state index in [1.54, 1.807) is 5.20 Å². The van der Waals surface area contributed by atoms with Crippen LogP contribution in [0.25, 0.3) is 0 Å². The van der Waals surface area contributed by atoms with Crippen LogP contribution in [-0.2, 0) is 6.04 Å². The molecule has 2 aromatic carbocycles. The summed E-state index contributed by atoms with van der Waals surface area (Å²) in [6, 6.07) is 22.5. The Bertz CT molecular complexity index is 661. The van der Waals surface area contributed by atoms with Crippen molar-refractivity contribution in [3.8, 4) is 0 Å². The van der Waals surface area contributed by atoms with Gasteiger partial charge in [0.05, 0.1) is 14.7 Å². The summed E-state index contributed by atoms with van der Waals surface area (Å²) < 4.78 is 0. The highest BCUT2D eigenvalue weighted by molar-refractivity contribution is 6.83. The first kappa shape index (κ1) is 20.7. The SMILES string of the molecule is CCCC/C(=C\CC(CO)c1ccccc1)[Si](C)(C)Cc1ccccc1. The zero-order chi connectivity index (χ0) is 18.8. The van der Waals surface area contributed by atoms with E-state index in [4.69, 9.17) is 0 Å². The molecule has 0 heterocycles. The van der Waals surface area contributed by atoms with Crippen LogP contribution in [-0.4, -0.2) is 19.8 Å². The second-order valence-electron chi connectivity index (χ2n) is 7.91. The lowest BCUT2D eigenvalue weighted by atomic mass is 9.96. The molecular formula is C24H34OSi. The molecule has 0 radical (unpaired) electrons. The molecule has 2 aromatic rings. The first-order chi connectivity index (χ1) is 12.6.